The minimum atomic E-state index is 0.464. The van der Waals surface area contributed by atoms with E-state index in [-0.39, 0.29) is 0 Å². The molecule has 0 heterocycles. The first kappa shape index (κ1) is 14.3. The van der Waals surface area contributed by atoms with E-state index < -0.39 is 0 Å². The molecule has 0 amide bonds. The van der Waals surface area contributed by atoms with Crippen LogP contribution in [-0.4, -0.2) is 35.5 Å². The van der Waals surface area contributed by atoms with Gasteiger partial charge in [-0.15, -0.1) is 0 Å². The van der Waals surface area contributed by atoms with E-state index in [1.807, 2.05) is 6.92 Å². The molecule has 1 aromatic carbocycles. The van der Waals surface area contributed by atoms with Gasteiger partial charge in [-0.25, -0.2) is 0 Å². The lowest BCUT2D eigenvalue weighted by molar-refractivity contribution is 0.287. The second-order valence-electron chi connectivity index (χ2n) is 3.50. The van der Waals surface area contributed by atoms with Crippen LogP contribution in [0.15, 0.2) is 0 Å². The molecule has 0 unspecified atom stereocenters. The molecular weight excluding hydrogens is 236 g/mol. The molecule has 102 valence electrons. The molecule has 5 nitrogen and oxygen atoms in total. The predicted molar refractivity (Wildman–Crippen MR) is 68.6 cm³/mol. The fourth-order valence-corrected chi connectivity index (χ4v) is 2.00. The van der Waals surface area contributed by atoms with Gasteiger partial charge in [0, 0.05) is 5.56 Å². The van der Waals surface area contributed by atoms with Crippen LogP contribution in [0.4, 0.5) is 0 Å². The molecule has 0 radical (unpaired) electrons. The van der Waals surface area contributed by atoms with Crippen molar-refractivity contribution < 1.29 is 23.7 Å². The Morgan fingerprint density at radius 3 is 1.06 bits per heavy atom. The van der Waals surface area contributed by atoms with Gasteiger partial charge in [0.15, 0.2) is 11.5 Å². The van der Waals surface area contributed by atoms with Crippen LogP contribution in [0, 0.1) is 0 Å². The van der Waals surface area contributed by atoms with E-state index in [9.17, 15) is 0 Å². The highest BCUT2D eigenvalue weighted by Gasteiger charge is 2.27. The molecule has 0 saturated carbocycles. The normalized spacial score (nSPS) is 9.89. The first-order chi connectivity index (χ1) is 8.69. The van der Waals surface area contributed by atoms with Gasteiger partial charge < -0.3 is 23.7 Å². The summed E-state index contributed by atoms with van der Waals surface area (Å²) >= 11 is 0. The Morgan fingerprint density at radius 2 is 0.833 bits per heavy atom. The van der Waals surface area contributed by atoms with E-state index in [1.165, 1.54) is 0 Å². The smallest absolute Gasteiger partial charge is 0.211 e. The van der Waals surface area contributed by atoms with Gasteiger partial charge in [-0.1, -0.05) is 6.92 Å². The second-order valence-corrected chi connectivity index (χ2v) is 3.50. The van der Waals surface area contributed by atoms with Crippen molar-refractivity contribution >= 4 is 0 Å². The van der Waals surface area contributed by atoms with Crippen LogP contribution < -0.4 is 23.7 Å². The molecule has 0 fully saturated rings. The maximum atomic E-state index is 5.40. The van der Waals surface area contributed by atoms with Crippen molar-refractivity contribution in [3.63, 3.8) is 0 Å². The zero-order valence-electron chi connectivity index (χ0n) is 11.7. The van der Waals surface area contributed by atoms with E-state index in [0.717, 1.165) is 12.0 Å². The number of methoxy groups -OCH3 is 5. The summed E-state index contributed by atoms with van der Waals surface area (Å²) in [5.74, 6) is 2.69. The van der Waals surface area contributed by atoms with Crippen molar-refractivity contribution in [3.8, 4) is 28.7 Å². The van der Waals surface area contributed by atoms with E-state index in [2.05, 4.69) is 0 Å². The first-order valence-corrected chi connectivity index (χ1v) is 5.62. The average Bonchev–Trinajstić information content (AvgIpc) is 2.43. The number of rotatable bonds is 6. The molecule has 0 aromatic heterocycles. The number of hydrogen-bond donors (Lipinski definition) is 0. The molecular formula is C13H20O5. The molecule has 0 saturated heterocycles. The maximum absolute atomic E-state index is 5.40. The maximum Gasteiger partial charge on any atom is 0.211 e. The van der Waals surface area contributed by atoms with E-state index in [4.69, 9.17) is 23.7 Å². The van der Waals surface area contributed by atoms with Crippen LogP contribution in [0.1, 0.15) is 12.5 Å². The third-order valence-corrected chi connectivity index (χ3v) is 2.75. The molecule has 0 aliphatic carbocycles. The number of benzene rings is 1. The fourth-order valence-electron chi connectivity index (χ4n) is 2.00. The van der Waals surface area contributed by atoms with Gasteiger partial charge in [-0.3, -0.25) is 0 Å². The number of hydrogen-bond acceptors (Lipinski definition) is 5. The Bertz CT molecular complexity index is 294. The van der Waals surface area contributed by atoms with Crippen molar-refractivity contribution in [1.82, 2.24) is 0 Å². The van der Waals surface area contributed by atoms with Crippen LogP contribution in [-0.2, 0) is 6.42 Å². The zero-order chi connectivity index (χ0) is 13.7. The molecule has 0 spiro atoms. The molecule has 0 atom stereocenters. The Hall–Kier alpha value is -1.78. The van der Waals surface area contributed by atoms with Crippen molar-refractivity contribution in [2.45, 2.75) is 13.3 Å². The van der Waals surface area contributed by atoms with Crippen LogP contribution in [0.2, 0.25) is 0 Å². The summed E-state index contributed by atoms with van der Waals surface area (Å²) in [6.07, 6.45) is 0.725. The summed E-state index contributed by atoms with van der Waals surface area (Å²) in [6.45, 7) is 2.01. The predicted octanol–water partition coefficient (Wildman–Crippen LogP) is 2.29. The summed E-state index contributed by atoms with van der Waals surface area (Å²) in [7, 11) is 7.84. The van der Waals surface area contributed by atoms with E-state index in [0.29, 0.717) is 28.7 Å². The van der Waals surface area contributed by atoms with Crippen molar-refractivity contribution in [2.24, 2.45) is 0 Å². The zero-order valence-corrected chi connectivity index (χ0v) is 11.7. The van der Waals surface area contributed by atoms with Gasteiger partial charge in [0.2, 0.25) is 17.2 Å². The summed E-state index contributed by atoms with van der Waals surface area (Å²) < 4.78 is 26.9. The molecule has 0 N–H and O–H groups in total. The Morgan fingerprint density at radius 1 is 0.556 bits per heavy atom. The molecule has 18 heavy (non-hydrogen) atoms. The highest BCUT2D eigenvalue weighted by Crippen LogP contribution is 2.53. The first-order valence-electron chi connectivity index (χ1n) is 5.62. The van der Waals surface area contributed by atoms with Gasteiger partial charge in [0.25, 0.3) is 0 Å². The molecule has 1 rings (SSSR count). The minimum absolute atomic E-state index is 0.464. The Balaban J connectivity index is 3.71. The van der Waals surface area contributed by atoms with Gasteiger partial charge >= 0.3 is 0 Å². The monoisotopic (exact) mass is 256 g/mol. The van der Waals surface area contributed by atoms with Crippen LogP contribution in [0.25, 0.3) is 0 Å². The summed E-state index contributed by atoms with van der Waals surface area (Å²) in [4.78, 5) is 0. The SMILES string of the molecule is CCc1c(OC)c(OC)c(OC)c(OC)c1OC. The average molecular weight is 256 g/mol. The lowest BCUT2D eigenvalue weighted by atomic mass is 10.1. The minimum Gasteiger partial charge on any atom is -0.492 e. The number of ether oxygens (including phenoxy) is 5. The van der Waals surface area contributed by atoms with Gasteiger partial charge in [-0.05, 0) is 6.42 Å². The Kier molecular flexibility index (Phi) is 4.95. The largest absolute Gasteiger partial charge is 0.492 e. The molecule has 1 aromatic rings. The third-order valence-electron chi connectivity index (χ3n) is 2.75. The third kappa shape index (κ3) is 2.12. The fraction of sp³-hybridized carbons (Fsp3) is 0.538. The van der Waals surface area contributed by atoms with Gasteiger partial charge in [-0.2, -0.15) is 0 Å². The van der Waals surface area contributed by atoms with E-state index >= 15 is 0 Å². The van der Waals surface area contributed by atoms with E-state index in [1.54, 1.807) is 35.5 Å². The quantitative estimate of drug-likeness (QED) is 0.781. The highest BCUT2D eigenvalue weighted by atomic mass is 16.6. The van der Waals surface area contributed by atoms with Gasteiger partial charge in [0.1, 0.15) is 0 Å². The second kappa shape index (κ2) is 6.23. The topological polar surface area (TPSA) is 46.2 Å². The van der Waals surface area contributed by atoms with Crippen molar-refractivity contribution in [1.29, 1.82) is 0 Å². The summed E-state index contributed by atoms with van der Waals surface area (Å²) in [5.41, 5.74) is 0.884. The Labute approximate surface area is 108 Å². The van der Waals surface area contributed by atoms with Crippen LogP contribution in [0.5, 0.6) is 28.7 Å². The molecule has 0 bridgehead atoms. The summed E-state index contributed by atoms with van der Waals surface area (Å²) in [6, 6.07) is 0. The molecule has 0 aliphatic rings. The summed E-state index contributed by atoms with van der Waals surface area (Å²) in [5, 5.41) is 0. The van der Waals surface area contributed by atoms with Crippen LogP contribution >= 0.6 is 0 Å². The van der Waals surface area contributed by atoms with Crippen molar-refractivity contribution in [2.75, 3.05) is 35.5 Å². The van der Waals surface area contributed by atoms with Crippen molar-refractivity contribution in [3.05, 3.63) is 5.56 Å². The lowest BCUT2D eigenvalue weighted by Crippen LogP contribution is -2.04. The van der Waals surface area contributed by atoms with Gasteiger partial charge in [0.05, 0.1) is 35.5 Å². The standard InChI is InChI=1S/C13H20O5/c1-7-8-9(14-2)11(16-4)13(18-6)12(17-5)10(8)15-3/h7H2,1-6H3. The van der Waals surface area contributed by atoms with Crippen LogP contribution in [0.3, 0.4) is 0 Å². The molecule has 0 aliphatic heterocycles. The molecule has 5 heteroatoms. The lowest BCUT2D eigenvalue weighted by Gasteiger charge is -2.21. The highest BCUT2D eigenvalue weighted by molar-refractivity contribution is 5.70.